The molecule has 1 unspecified atom stereocenters. The highest BCUT2D eigenvalue weighted by atomic mass is 16.6. The van der Waals surface area contributed by atoms with Gasteiger partial charge in [-0.2, -0.15) is 0 Å². The lowest BCUT2D eigenvalue weighted by atomic mass is 10.1. The van der Waals surface area contributed by atoms with E-state index in [1.807, 2.05) is 60.7 Å². The molecule has 1 heterocycles. The lowest BCUT2D eigenvalue weighted by Gasteiger charge is -2.10. The highest BCUT2D eigenvalue weighted by molar-refractivity contribution is 5.89. The normalized spacial score (nSPS) is 15.2. The first kappa shape index (κ1) is 18.3. The van der Waals surface area contributed by atoms with E-state index in [0.29, 0.717) is 25.4 Å². The number of aldehydes is 1. The molecule has 144 valence electrons. The Bertz CT molecular complexity index is 931. The maximum atomic E-state index is 10.8. The zero-order chi connectivity index (χ0) is 19.2. The first-order valence-electron chi connectivity index (χ1n) is 9.39. The van der Waals surface area contributed by atoms with Crippen LogP contribution in [0.15, 0.2) is 60.7 Å². The van der Waals surface area contributed by atoms with Crippen LogP contribution in [0.1, 0.15) is 16.8 Å². The Hall–Kier alpha value is -3.05. The van der Waals surface area contributed by atoms with Crippen molar-refractivity contribution in [3.05, 3.63) is 66.2 Å². The number of carbonyl (C=O) groups is 1. The molecule has 0 bridgehead atoms. The molecule has 5 nitrogen and oxygen atoms in total. The van der Waals surface area contributed by atoms with Crippen molar-refractivity contribution in [2.24, 2.45) is 0 Å². The van der Waals surface area contributed by atoms with Crippen molar-refractivity contribution in [1.82, 2.24) is 0 Å². The minimum Gasteiger partial charge on any atom is -0.493 e. The van der Waals surface area contributed by atoms with Crippen LogP contribution in [0.4, 0.5) is 0 Å². The summed E-state index contributed by atoms with van der Waals surface area (Å²) in [6.45, 7) is 2.54. The molecule has 0 aromatic heterocycles. The van der Waals surface area contributed by atoms with Gasteiger partial charge in [0.1, 0.15) is 36.2 Å². The molecule has 0 spiro atoms. The van der Waals surface area contributed by atoms with Crippen LogP contribution in [0.3, 0.4) is 0 Å². The average molecular weight is 378 g/mol. The predicted molar refractivity (Wildman–Crippen MR) is 107 cm³/mol. The molecule has 3 aromatic carbocycles. The number of epoxide rings is 1. The van der Waals surface area contributed by atoms with E-state index in [1.165, 1.54) is 0 Å². The van der Waals surface area contributed by atoms with Crippen molar-refractivity contribution >= 4 is 17.1 Å². The number of benzene rings is 3. The maximum Gasteiger partial charge on any atom is 0.150 e. The van der Waals surface area contributed by atoms with Gasteiger partial charge in [-0.3, -0.25) is 4.79 Å². The topological polar surface area (TPSA) is 57.3 Å². The molecule has 3 aromatic rings. The molecule has 1 fully saturated rings. The van der Waals surface area contributed by atoms with Gasteiger partial charge in [-0.15, -0.1) is 0 Å². The van der Waals surface area contributed by atoms with Gasteiger partial charge in [0.15, 0.2) is 0 Å². The maximum absolute atomic E-state index is 10.8. The molecular formula is C23H22O5. The van der Waals surface area contributed by atoms with Gasteiger partial charge in [0.25, 0.3) is 0 Å². The van der Waals surface area contributed by atoms with Crippen molar-refractivity contribution in [3.63, 3.8) is 0 Å². The summed E-state index contributed by atoms with van der Waals surface area (Å²) < 4.78 is 22.3. The van der Waals surface area contributed by atoms with E-state index in [4.69, 9.17) is 18.9 Å². The van der Waals surface area contributed by atoms with Crippen molar-refractivity contribution in [2.45, 2.75) is 12.5 Å². The third kappa shape index (κ3) is 5.02. The van der Waals surface area contributed by atoms with E-state index in [2.05, 4.69) is 0 Å². The minimum absolute atomic E-state index is 0.257. The monoisotopic (exact) mass is 378 g/mol. The Morgan fingerprint density at radius 1 is 0.821 bits per heavy atom. The first-order chi connectivity index (χ1) is 13.8. The summed E-state index contributed by atoms with van der Waals surface area (Å²) in [7, 11) is 0. The summed E-state index contributed by atoms with van der Waals surface area (Å²) in [5, 5.41) is 2.08. The second kappa shape index (κ2) is 8.76. The highest BCUT2D eigenvalue weighted by Gasteiger charge is 2.22. The summed E-state index contributed by atoms with van der Waals surface area (Å²) in [6, 6.07) is 19.1. The van der Waals surface area contributed by atoms with E-state index < -0.39 is 0 Å². The Morgan fingerprint density at radius 2 is 1.43 bits per heavy atom. The van der Waals surface area contributed by atoms with Crippen LogP contribution in [-0.2, 0) is 4.74 Å². The summed E-state index contributed by atoms with van der Waals surface area (Å²) >= 11 is 0. The molecule has 1 aliphatic heterocycles. The molecule has 1 atom stereocenters. The number of rotatable bonds is 10. The Balaban J connectivity index is 1.19. The molecule has 0 N–H and O–H groups in total. The Labute approximate surface area is 163 Å². The molecule has 1 saturated heterocycles. The zero-order valence-corrected chi connectivity index (χ0v) is 15.5. The van der Waals surface area contributed by atoms with E-state index in [-0.39, 0.29) is 6.10 Å². The Kier molecular flexibility index (Phi) is 5.73. The number of hydrogen-bond acceptors (Lipinski definition) is 5. The third-order valence-electron chi connectivity index (χ3n) is 4.46. The summed E-state index contributed by atoms with van der Waals surface area (Å²) in [4.78, 5) is 10.8. The molecule has 0 saturated carbocycles. The summed E-state index contributed by atoms with van der Waals surface area (Å²) in [5.74, 6) is 2.45. The van der Waals surface area contributed by atoms with Gasteiger partial charge < -0.3 is 18.9 Å². The van der Waals surface area contributed by atoms with Gasteiger partial charge >= 0.3 is 0 Å². The molecule has 28 heavy (non-hydrogen) atoms. The molecule has 0 radical (unpaired) electrons. The largest absolute Gasteiger partial charge is 0.493 e. The second-order valence-corrected chi connectivity index (χ2v) is 6.67. The average Bonchev–Trinajstić information content (AvgIpc) is 3.57. The summed E-state index contributed by atoms with van der Waals surface area (Å²) in [6.07, 6.45) is 1.89. The zero-order valence-electron chi connectivity index (χ0n) is 15.5. The summed E-state index contributed by atoms with van der Waals surface area (Å²) in [5.41, 5.74) is 0.676. The smallest absolute Gasteiger partial charge is 0.150 e. The second-order valence-electron chi connectivity index (χ2n) is 6.67. The molecule has 4 rings (SSSR count). The van der Waals surface area contributed by atoms with Crippen LogP contribution in [-0.4, -0.2) is 38.8 Å². The third-order valence-corrected chi connectivity index (χ3v) is 4.46. The van der Waals surface area contributed by atoms with Gasteiger partial charge in [-0.25, -0.2) is 0 Å². The van der Waals surface area contributed by atoms with Gasteiger partial charge in [0.2, 0.25) is 0 Å². The van der Waals surface area contributed by atoms with Crippen molar-refractivity contribution in [2.75, 3.05) is 26.4 Å². The SMILES string of the molecule is O=Cc1ccc2cc(OCCCOc3ccc(OCC4CO4)cc3)ccc2c1. The van der Waals surface area contributed by atoms with Crippen LogP contribution in [0, 0.1) is 0 Å². The number of fused-ring (bicyclic) bond motifs is 1. The van der Waals surface area contributed by atoms with Gasteiger partial charge in [0.05, 0.1) is 19.8 Å². The minimum atomic E-state index is 0.257. The van der Waals surface area contributed by atoms with Crippen molar-refractivity contribution < 1.29 is 23.7 Å². The highest BCUT2D eigenvalue weighted by Crippen LogP contribution is 2.22. The fourth-order valence-corrected chi connectivity index (χ4v) is 2.83. The van der Waals surface area contributed by atoms with E-state index in [1.54, 1.807) is 0 Å². The van der Waals surface area contributed by atoms with Crippen molar-refractivity contribution in [3.8, 4) is 17.2 Å². The lowest BCUT2D eigenvalue weighted by Crippen LogP contribution is -2.05. The van der Waals surface area contributed by atoms with Crippen LogP contribution < -0.4 is 14.2 Å². The quantitative estimate of drug-likeness (QED) is 0.299. The molecular weight excluding hydrogens is 356 g/mol. The van der Waals surface area contributed by atoms with Gasteiger partial charge in [-0.1, -0.05) is 18.2 Å². The molecule has 0 amide bonds. The fourth-order valence-electron chi connectivity index (χ4n) is 2.83. The first-order valence-corrected chi connectivity index (χ1v) is 9.39. The van der Waals surface area contributed by atoms with Gasteiger partial charge in [-0.05, 0) is 53.2 Å². The number of carbonyl (C=O) groups excluding carboxylic acids is 1. The fraction of sp³-hybridized carbons (Fsp3) is 0.261. The Morgan fingerprint density at radius 3 is 2.14 bits per heavy atom. The van der Waals surface area contributed by atoms with E-state index >= 15 is 0 Å². The molecule has 5 heteroatoms. The van der Waals surface area contributed by atoms with Crippen molar-refractivity contribution in [1.29, 1.82) is 0 Å². The van der Waals surface area contributed by atoms with Crippen LogP contribution in [0.5, 0.6) is 17.2 Å². The number of ether oxygens (including phenoxy) is 4. The predicted octanol–water partition coefficient (Wildman–Crippen LogP) is 4.28. The van der Waals surface area contributed by atoms with Gasteiger partial charge in [0, 0.05) is 12.0 Å². The van der Waals surface area contributed by atoms with Crippen LogP contribution >= 0.6 is 0 Å². The van der Waals surface area contributed by atoms with Crippen LogP contribution in [0.2, 0.25) is 0 Å². The van der Waals surface area contributed by atoms with E-state index in [9.17, 15) is 4.79 Å². The number of hydrogen-bond donors (Lipinski definition) is 0. The van der Waals surface area contributed by atoms with Crippen LogP contribution in [0.25, 0.3) is 10.8 Å². The van der Waals surface area contributed by atoms with E-state index in [0.717, 1.165) is 47.3 Å². The molecule has 0 aliphatic carbocycles. The molecule has 1 aliphatic rings. The standard InChI is InChI=1S/C23H22O5/c24-14-17-2-3-19-13-22(5-4-18(19)12-17)26-11-1-10-25-20-6-8-21(9-7-20)27-15-23-16-28-23/h2-9,12-14,23H,1,10-11,15-16H2. The lowest BCUT2D eigenvalue weighted by molar-refractivity contribution is 0.112.